The number of amides is 1. The highest BCUT2D eigenvalue weighted by Crippen LogP contribution is 2.32. The van der Waals surface area contributed by atoms with Crippen LogP contribution in [0.15, 0.2) is 18.3 Å². The summed E-state index contributed by atoms with van der Waals surface area (Å²) in [5, 5.41) is 9.70. The molecular formula is C17H16F3N3O3S. The maximum Gasteiger partial charge on any atom is 0.433 e. The highest BCUT2D eigenvalue weighted by molar-refractivity contribution is 7.13. The molecule has 0 bridgehead atoms. The number of carbonyl (C=O) groups excluding carboxylic acids is 1. The van der Waals surface area contributed by atoms with Gasteiger partial charge in [0.25, 0.3) is 5.91 Å². The smallest absolute Gasteiger partial charge is 0.433 e. The van der Waals surface area contributed by atoms with Crippen LogP contribution in [0.25, 0.3) is 0 Å². The molecular weight excluding hydrogens is 383 g/mol. The lowest BCUT2D eigenvalue weighted by Gasteiger charge is -2.31. The summed E-state index contributed by atoms with van der Waals surface area (Å²) in [6.45, 7) is 2.23. The van der Waals surface area contributed by atoms with Gasteiger partial charge in [-0.3, -0.25) is 4.79 Å². The number of aryl methyl sites for hydroxylation is 1. The number of hydrogen-bond donors (Lipinski definition) is 1. The molecule has 0 aromatic carbocycles. The SMILES string of the molecule is Cc1nc(C(F)(F)F)ccc1C(=O)N1CCC(c2ncc(C(=O)O)s2)CC1. The average Bonchev–Trinajstić information content (AvgIpc) is 3.11. The van der Waals surface area contributed by atoms with E-state index in [2.05, 4.69) is 9.97 Å². The van der Waals surface area contributed by atoms with Crippen LogP contribution < -0.4 is 0 Å². The zero-order valence-corrected chi connectivity index (χ0v) is 15.1. The Labute approximate surface area is 156 Å². The van der Waals surface area contributed by atoms with Gasteiger partial charge in [-0.1, -0.05) is 0 Å². The number of rotatable bonds is 3. The van der Waals surface area contributed by atoms with Crippen molar-refractivity contribution in [1.29, 1.82) is 0 Å². The van der Waals surface area contributed by atoms with Crippen molar-refractivity contribution in [2.75, 3.05) is 13.1 Å². The van der Waals surface area contributed by atoms with Crippen LogP contribution in [0.5, 0.6) is 0 Å². The van der Waals surface area contributed by atoms with Crippen molar-refractivity contribution in [3.8, 4) is 0 Å². The number of piperidine rings is 1. The number of alkyl halides is 3. The van der Waals surface area contributed by atoms with Crippen LogP contribution in [-0.4, -0.2) is 44.9 Å². The summed E-state index contributed by atoms with van der Waals surface area (Å²) in [7, 11) is 0. The van der Waals surface area contributed by atoms with Gasteiger partial charge in [0.05, 0.1) is 22.5 Å². The first-order chi connectivity index (χ1) is 12.7. The monoisotopic (exact) mass is 399 g/mol. The number of nitrogens with zero attached hydrogens (tertiary/aromatic N) is 3. The van der Waals surface area contributed by atoms with Gasteiger partial charge in [0, 0.05) is 19.0 Å². The first kappa shape index (κ1) is 19.3. The Balaban J connectivity index is 1.67. The first-order valence-corrected chi connectivity index (χ1v) is 9.01. The molecule has 6 nitrogen and oxygen atoms in total. The van der Waals surface area contributed by atoms with E-state index in [-0.39, 0.29) is 28.0 Å². The molecule has 3 heterocycles. The Morgan fingerprint density at radius 3 is 2.44 bits per heavy atom. The van der Waals surface area contributed by atoms with E-state index in [4.69, 9.17) is 5.11 Å². The third-order valence-corrected chi connectivity index (χ3v) is 5.62. The van der Waals surface area contributed by atoms with Crippen molar-refractivity contribution >= 4 is 23.2 Å². The van der Waals surface area contributed by atoms with Crippen molar-refractivity contribution in [2.24, 2.45) is 0 Å². The molecule has 3 rings (SSSR count). The second-order valence-electron chi connectivity index (χ2n) is 6.26. The molecule has 1 saturated heterocycles. The fourth-order valence-electron chi connectivity index (χ4n) is 3.02. The highest BCUT2D eigenvalue weighted by Gasteiger charge is 2.34. The van der Waals surface area contributed by atoms with E-state index >= 15 is 0 Å². The highest BCUT2D eigenvalue weighted by atomic mass is 32.1. The van der Waals surface area contributed by atoms with Crippen molar-refractivity contribution in [3.63, 3.8) is 0 Å². The fraction of sp³-hybridized carbons (Fsp3) is 0.412. The van der Waals surface area contributed by atoms with Gasteiger partial charge in [-0.05, 0) is 31.9 Å². The number of thiazole rings is 1. The van der Waals surface area contributed by atoms with Gasteiger partial charge in [-0.2, -0.15) is 13.2 Å². The van der Waals surface area contributed by atoms with Crippen molar-refractivity contribution in [1.82, 2.24) is 14.9 Å². The molecule has 2 aromatic rings. The van der Waals surface area contributed by atoms with E-state index in [1.807, 2.05) is 0 Å². The summed E-state index contributed by atoms with van der Waals surface area (Å²) < 4.78 is 38.1. The number of carboxylic acid groups (broad SMARTS) is 1. The summed E-state index contributed by atoms with van der Waals surface area (Å²) in [6, 6.07) is 1.98. The molecule has 0 spiro atoms. The summed E-state index contributed by atoms with van der Waals surface area (Å²) >= 11 is 1.13. The second kappa shape index (κ2) is 7.26. The van der Waals surface area contributed by atoms with Gasteiger partial charge >= 0.3 is 12.1 Å². The lowest BCUT2D eigenvalue weighted by molar-refractivity contribution is -0.141. The van der Waals surface area contributed by atoms with E-state index in [1.165, 1.54) is 19.2 Å². The van der Waals surface area contributed by atoms with Gasteiger partial charge in [0.1, 0.15) is 10.6 Å². The molecule has 144 valence electrons. The third kappa shape index (κ3) is 4.10. The Morgan fingerprint density at radius 2 is 1.93 bits per heavy atom. The molecule has 0 atom stereocenters. The zero-order chi connectivity index (χ0) is 19.8. The average molecular weight is 399 g/mol. The molecule has 0 saturated carbocycles. The van der Waals surface area contributed by atoms with Crippen molar-refractivity contribution in [3.05, 3.63) is 45.2 Å². The lowest BCUT2D eigenvalue weighted by atomic mass is 9.97. The number of carboxylic acids is 1. The van der Waals surface area contributed by atoms with Crippen LogP contribution in [0.2, 0.25) is 0 Å². The molecule has 27 heavy (non-hydrogen) atoms. The first-order valence-electron chi connectivity index (χ1n) is 8.20. The van der Waals surface area contributed by atoms with E-state index in [1.54, 1.807) is 4.90 Å². The Kier molecular flexibility index (Phi) is 5.18. The minimum absolute atomic E-state index is 0.0444. The predicted octanol–water partition coefficient (Wildman–Crippen LogP) is 3.58. The molecule has 0 radical (unpaired) electrons. The van der Waals surface area contributed by atoms with Gasteiger partial charge in [-0.25, -0.2) is 14.8 Å². The van der Waals surface area contributed by atoms with Gasteiger partial charge in [0.2, 0.25) is 0 Å². The van der Waals surface area contributed by atoms with Crippen LogP contribution in [0, 0.1) is 6.92 Å². The second-order valence-corrected chi connectivity index (χ2v) is 7.32. The summed E-state index contributed by atoms with van der Waals surface area (Å²) in [5.41, 5.74) is -0.819. The normalized spacial score (nSPS) is 15.8. The Morgan fingerprint density at radius 1 is 1.26 bits per heavy atom. The molecule has 0 aliphatic carbocycles. The molecule has 10 heteroatoms. The van der Waals surface area contributed by atoms with Gasteiger partial charge in [0.15, 0.2) is 0 Å². The molecule has 1 aliphatic heterocycles. The molecule has 1 N–H and O–H groups in total. The maximum absolute atomic E-state index is 12.7. The number of halogens is 3. The number of pyridine rings is 1. The van der Waals surface area contributed by atoms with Crippen LogP contribution in [0.4, 0.5) is 13.2 Å². The van der Waals surface area contributed by atoms with E-state index in [0.717, 1.165) is 22.4 Å². The van der Waals surface area contributed by atoms with Crippen molar-refractivity contribution < 1.29 is 27.9 Å². The lowest BCUT2D eigenvalue weighted by Crippen LogP contribution is -2.38. The summed E-state index contributed by atoms with van der Waals surface area (Å²) in [4.78, 5) is 33.0. The van der Waals surface area contributed by atoms with Crippen LogP contribution in [0.3, 0.4) is 0 Å². The largest absolute Gasteiger partial charge is 0.477 e. The van der Waals surface area contributed by atoms with E-state index < -0.39 is 17.8 Å². The number of carbonyl (C=O) groups is 2. The Bertz CT molecular complexity index is 874. The molecule has 1 amide bonds. The summed E-state index contributed by atoms with van der Waals surface area (Å²) in [5.74, 6) is -1.30. The quantitative estimate of drug-likeness (QED) is 0.853. The zero-order valence-electron chi connectivity index (χ0n) is 14.3. The number of aromatic nitrogens is 2. The number of likely N-dealkylation sites (tertiary alicyclic amines) is 1. The standard InChI is InChI=1S/C17H16F3N3O3S/c1-9-11(2-3-13(22-9)17(18,19)20)15(24)23-6-4-10(5-7-23)14-21-8-12(27-14)16(25)26/h2-3,8,10H,4-7H2,1H3,(H,25,26). The van der Waals surface area contributed by atoms with Crippen LogP contribution >= 0.6 is 11.3 Å². The predicted molar refractivity (Wildman–Crippen MR) is 90.9 cm³/mol. The van der Waals surface area contributed by atoms with Crippen LogP contribution in [-0.2, 0) is 6.18 Å². The van der Waals surface area contributed by atoms with Gasteiger partial charge < -0.3 is 10.0 Å². The van der Waals surface area contributed by atoms with E-state index in [9.17, 15) is 22.8 Å². The van der Waals surface area contributed by atoms with Gasteiger partial charge in [-0.15, -0.1) is 11.3 Å². The third-order valence-electron chi connectivity index (χ3n) is 4.47. The maximum atomic E-state index is 12.7. The number of hydrogen-bond acceptors (Lipinski definition) is 5. The van der Waals surface area contributed by atoms with E-state index in [0.29, 0.717) is 25.9 Å². The molecule has 0 unspecified atom stereocenters. The summed E-state index contributed by atoms with van der Waals surface area (Å²) in [6.07, 6.45) is -1.98. The van der Waals surface area contributed by atoms with Crippen molar-refractivity contribution in [2.45, 2.75) is 31.9 Å². The molecule has 2 aromatic heterocycles. The minimum atomic E-state index is -4.55. The molecule has 1 fully saturated rings. The fourth-order valence-corrected chi connectivity index (χ4v) is 3.95. The molecule has 1 aliphatic rings. The topological polar surface area (TPSA) is 83.4 Å². The van der Waals surface area contributed by atoms with Crippen LogP contribution in [0.1, 0.15) is 55.2 Å². The minimum Gasteiger partial charge on any atom is -0.477 e. The number of aromatic carboxylic acids is 1. The Hall–Kier alpha value is -2.49.